The van der Waals surface area contributed by atoms with Crippen LogP contribution in [0.25, 0.3) is 0 Å². The first kappa shape index (κ1) is 9.12. The number of carbonyl (C=O) groups is 1. The minimum absolute atomic E-state index is 0.297. The van der Waals surface area contributed by atoms with E-state index in [4.69, 9.17) is 0 Å². The number of ether oxygens (including phenoxy) is 1. The first-order valence-corrected chi connectivity index (χ1v) is 3.97. The molecule has 0 spiro atoms. The van der Waals surface area contributed by atoms with Crippen molar-refractivity contribution in [3.8, 4) is 0 Å². The second-order valence-corrected chi connectivity index (χ2v) is 2.99. The molecule has 0 bridgehead atoms. The van der Waals surface area contributed by atoms with E-state index < -0.39 is 11.9 Å². The zero-order valence-corrected chi connectivity index (χ0v) is 7.03. The van der Waals surface area contributed by atoms with Crippen molar-refractivity contribution < 1.29 is 18.3 Å². The fourth-order valence-electron chi connectivity index (χ4n) is 0.686. The Labute approximate surface area is 71.8 Å². The van der Waals surface area contributed by atoms with Gasteiger partial charge in [-0.25, -0.2) is 4.79 Å². The largest absolute Gasteiger partial charge is 0.464 e. The molecule has 0 N–H and O–H groups in total. The zero-order valence-electron chi connectivity index (χ0n) is 6.21. The van der Waals surface area contributed by atoms with E-state index in [9.17, 15) is 13.6 Å². The number of carbonyl (C=O) groups excluding carboxylic acids is 1. The van der Waals surface area contributed by atoms with Crippen LogP contribution in [0.15, 0.2) is 17.5 Å². The lowest BCUT2D eigenvalue weighted by Gasteiger charge is -2.10. The van der Waals surface area contributed by atoms with Gasteiger partial charge in [0.05, 0.1) is 12.0 Å². The highest BCUT2D eigenvalue weighted by molar-refractivity contribution is 7.10. The van der Waals surface area contributed by atoms with Crippen LogP contribution in [-0.2, 0) is 15.5 Å². The van der Waals surface area contributed by atoms with Gasteiger partial charge in [0.2, 0.25) is 0 Å². The van der Waals surface area contributed by atoms with E-state index >= 15 is 0 Å². The van der Waals surface area contributed by atoms with Gasteiger partial charge in [-0.3, -0.25) is 0 Å². The van der Waals surface area contributed by atoms with E-state index in [1.54, 1.807) is 0 Å². The smallest absolute Gasteiger partial charge is 0.382 e. The summed E-state index contributed by atoms with van der Waals surface area (Å²) in [7, 11) is 0.934. The van der Waals surface area contributed by atoms with Crippen LogP contribution in [0.1, 0.15) is 4.88 Å². The molecule has 5 heteroatoms. The second kappa shape index (κ2) is 3.18. The van der Waals surface area contributed by atoms with Gasteiger partial charge in [-0.05, 0) is 11.4 Å². The molecular formula is C7H6F2O2S. The Bertz CT molecular complexity index is 269. The zero-order chi connectivity index (χ0) is 9.19. The van der Waals surface area contributed by atoms with E-state index in [-0.39, 0.29) is 4.88 Å². The van der Waals surface area contributed by atoms with Crippen molar-refractivity contribution >= 4 is 17.3 Å². The molecule has 0 saturated heterocycles. The van der Waals surface area contributed by atoms with Crippen LogP contribution < -0.4 is 0 Å². The average Bonchev–Trinajstić information content (AvgIpc) is 2.55. The van der Waals surface area contributed by atoms with Crippen LogP contribution >= 0.6 is 11.3 Å². The molecule has 0 atom stereocenters. The minimum atomic E-state index is -3.51. The van der Waals surface area contributed by atoms with Gasteiger partial charge in [-0.1, -0.05) is 6.07 Å². The molecule has 1 heterocycles. The maximum Gasteiger partial charge on any atom is 0.382 e. The maximum absolute atomic E-state index is 12.9. The Morgan fingerprint density at radius 1 is 1.67 bits per heavy atom. The fourth-order valence-corrected chi connectivity index (χ4v) is 1.38. The van der Waals surface area contributed by atoms with Gasteiger partial charge < -0.3 is 4.74 Å². The van der Waals surface area contributed by atoms with Crippen molar-refractivity contribution in [1.29, 1.82) is 0 Å². The summed E-state index contributed by atoms with van der Waals surface area (Å²) in [5, 5.41) is 1.48. The predicted octanol–water partition coefficient (Wildman–Crippen LogP) is 2.01. The van der Waals surface area contributed by atoms with Crippen molar-refractivity contribution in [2.24, 2.45) is 0 Å². The van der Waals surface area contributed by atoms with Gasteiger partial charge in [0.25, 0.3) is 0 Å². The lowest BCUT2D eigenvalue weighted by atomic mass is 10.3. The Morgan fingerprint density at radius 2 is 2.33 bits per heavy atom. The molecule has 1 rings (SSSR count). The van der Waals surface area contributed by atoms with Crippen LogP contribution in [0.3, 0.4) is 0 Å². The molecule has 0 radical (unpaired) electrons. The SMILES string of the molecule is COC(=O)C(F)(F)c1cccs1. The fraction of sp³-hybridized carbons (Fsp3) is 0.286. The van der Waals surface area contributed by atoms with Crippen molar-refractivity contribution in [3.05, 3.63) is 22.4 Å². The molecule has 0 saturated carbocycles. The van der Waals surface area contributed by atoms with Gasteiger partial charge in [-0.2, -0.15) is 8.78 Å². The number of rotatable bonds is 2. The summed E-state index contributed by atoms with van der Waals surface area (Å²) in [5.41, 5.74) is 0. The highest BCUT2D eigenvalue weighted by atomic mass is 32.1. The third-order valence-corrected chi connectivity index (χ3v) is 2.21. The minimum Gasteiger partial charge on any atom is -0.464 e. The molecule has 12 heavy (non-hydrogen) atoms. The molecule has 0 unspecified atom stereocenters. The van der Waals surface area contributed by atoms with Crippen molar-refractivity contribution in [1.82, 2.24) is 0 Å². The standard InChI is InChI=1S/C7H6F2O2S/c1-11-6(10)7(8,9)5-3-2-4-12-5/h2-4H,1H3. The third kappa shape index (κ3) is 1.45. The number of thiophene rings is 1. The van der Waals surface area contributed by atoms with Crippen molar-refractivity contribution in [3.63, 3.8) is 0 Å². The summed E-state index contributed by atoms with van der Waals surface area (Å²) in [6.07, 6.45) is 0. The van der Waals surface area contributed by atoms with E-state index in [1.165, 1.54) is 17.5 Å². The molecular weight excluding hydrogens is 186 g/mol. The van der Waals surface area contributed by atoms with Crippen molar-refractivity contribution in [2.45, 2.75) is 5.92 Å². The number of esters is 1. The van der Waals surface area contributed by atoms with Crippen LogP contribution in [0.2, 0.25) is 0 Å². The molecule has 66 valence electrons. The summed E-state index contributed by atoms with van der Waals surface area (Å²) in [4.78, 5) is 10.3. The lowest BCUT2D eigenvalue weighted by molar-refractivity contribution is -0.169. The van der Waals surface area contributed by atoms with E-state index in [2.05, 4.69) is 4.74 Å². The molecule has 0 aliphatic heterocycles. The third-order valence-electron chi connectivity index (χ3n) is 1.27. The van der Waals surface area contributed by atoms with E-state index in [0.29, 0.717) is 0 Å². The van der Waals surface area contributed by atoms with Crippen LogP contribution in [0.5, 0.6) is 0 Å². The van der Waals surface area contributed by atoms with Gasteiger partial charge in [0, 0.05) is 0 Å². The quantitative estimate of drug-likeness (QED) is 0.670. The lowest BCUT2D eigenvalue weighted by Crippen LogP contribution is -2.25. The van der Waals surface area contributed by atoms with Gasteiger partial charge in [0.15, 0.2) is 0 Å². The average molecular weight is 192 g/mol. The summed E-state index contributed by atoms with van der Waals surface area (Å²) in [6, 6.07) is 2.65. The topological polar surface area (TPSA) is 26.3 Å². The Balaban J connectivity index is 2.93. The second-order valence-electron chi connectivity index (χ2n) is 2.04. The molecule has 0 aliphatic rings. The monoisotopic (exact) mass is 192 g/mol. The molecule has 0 aliphatic carbocycles. The highest BCUT2D eigenvalue weighted by Crippen LogP contribution is 2.32. The van der Waals surface area contributed by atoms with Crippen LogP contribution in [0, 0.1) is 0 Å². The molecule has 2 nitrogen and oxygen atoms in total. The number of hydrogen-bond acceptors (Lipinski definition) is 3. The van der Waals surface area contributed by atoms with Gasteiger partial charge >= 0.3 is 11.9 Å². The Morgan fingerprint density at radius 3 is 2.75 bits per heavy atom. The van der Waals surface area contributed by atoms with Crippen molar-refractivity contribution in [2.75, 3.05) is 7.11 Å². The van der Waals surface area contributed by atoms with Gasteiger partial charge in [-0.15, -0.1) is 11.3 Å². The Hall–Kier alpha value is -0.970. The molecule has 1 aromatic rings. The number of hydrogen-bond donors (Lipinski definition) is 0. The normalized spacial score (nSPS) is 11.2. The molecule has 0 aromatic carbocycles. The first-order valence-electron chi connectivity index (χ1n) is 3.09. The highest BCUT2D eigenvalue weighted by Gasteiger charge is 2.43. The summed E-state index contributed by atoms with van der Waals surface area (Å²) in [5.74, 6) is -5.03. The summed E-state index contributed by atoms with van der Waals surface area (Å²) >= 11 is 0.823. The molecule has 1 aromatic heterocycles. The van der Waals surface area contributed by atoms with E-state index in [0.717, 1.165) is 18.4 Å². The van der Waals surface area contributed by atoms with Crippen LogP contribution in [-0.4, -0.2) is 13.1 Å². The first-order chi connectivity index (χ1) is 5.59. The summed E-state index contributed by atoms with van der Waals surface area (Å²) in [6.45, 7) is 0. The number of alkyl halides is 2. The van der Waals surface area contributed by atoms with Crippen LogP contribution in [0.4, 0.5) is 8.78 Å². The van der Waals surface area contributed by atoms with E-state index in [1.807, 2.05) is 0 Å². The molecule has 0 amide bonds. The molecule has 0 fully saturated rings. The number of halogens is 2. The maximum atomic E-state index is 12.9. The summed E-state index contributed by atoms with van der Waals surface area (Å²) < 4.78 is 29.8. The number of methoxy groups -OCH3 is 1. The Kier molecular flexibility index (Phi) is 2.42. The van der Waals surface area contributed by atoms with Gasteiger partial charge in [0.1, 0.15) is 0 Å². The predicted molar refractivity (Wildman–Crippen MR) is 40.2 cm³/mol.